The van der Waals surface area contributed by atoms with Crippen molar-refractivity contribution < 1.29 is 9.59 Å². The second-order valence-corrected chi connectivity index (χ2v) is 7.14. The molecule has 0 spiro atoms. The monoisotopic (exact) mass is 370 g/mol. The van der Waals surface area contributed by atoms with Crippen molar-refractivity contribution in [2.24, 2.45) is 5.92 Å². The van der Waals surface area contributed by atoms with E-state index >= 15 is 0 Å². The summed E-state index contributed by atoms with van der Waals surface area (Å²) in [5.41, 5.74) is 0.489. The van der Waals surface area contributed by atoms with E-state index < -0.39 is 6.04 Å². The average molecular weight is 371 g/mol. The Morgan fingerprint density at radius 3 is 2.30 bits per heavy atom. The second kappa shape index (κ2) is 7.81. The summed E-state index contributed by atoms with van der Waals surface area (Å²) in [6, 6.07) is 7.62. The highest BCUT2D eigenvalue weighted by molar-refractivity contribution is 7.12. The van der Waals surface area contributed by atoms with Gasteiger partial charge in [-0.25, -0.2) is 0 Å². The van der Waals surface area contributed by atoms with Crippen LogP contribution in [0.25, 0.3) is 0 Å². The van der Waals surface area contributed by atoms with E-state index in [4.69, 9.17) is 23.2 Å². The lowest BCUT2D eigenvalue weighted by Crippen LogP contribution is -2.46. The molecule has 0 aliphatic rings. The fourth-order valence-corrected chi connectivity index (χ4v) is 3.15. The van der Waals surface area contributed by atoms with Gasteiger partial charge in [0, 0.05) is 15.7 Å². The first-order valence-corrected chi connectivity index (χ1v) is 8.61. The fraction of sp³-hybridized carbons (Fsp3) is 0.250. The van der Waals surface area contributed by atoms with Gasteiger partial charge in [-0.3, -0.25) is 9.59 Å². The minimum Gasteiger partial charge on any atom is -0.339 e. The molecule has 2 N–H and O–H groups in total. The van der Waals surface area contributed by atoms with Gasteiger partial charge in [-0.2, -0.15) is 0 Å². The van der Waals surface area contributed by atoms with Gasteiger partial charge in [0.1, 0.15) is 6.04 Å². The van der Waals surface area contributed by atoms with E-state index in [0.717, 1.165) is 0 Å². The summed E-state index contributed by atoms with van der Waals surface area (Å²) in [7, 11) is 0. The molecule has 1 aromatic carbocycles. The topological polar surface area (TPSA) is 58.2 Å². The number of carbonyl (C=O) groups is 2. The molecular weight excluding hydrogens is 355 g/mol. The van der Waals surface area contributed by atoms with Crippen molar-refractivity contribution in [1.82, 2.24) is 5.32 Å². The summed E-state index contributed by atoms with van der Waals surface area (Å²) in [6.45, 7) is 3.73. The van der Waals surface area contributed by atoms with Crippen molar-refractivity contribution in [3.05, 3.63) is 50.6 Å². The Kier molecular flexibility index (Phi) is 6.04. The number of nitrogens with one attached hydrogen (secondary N) is 2. The van der Waals surface area contributed by atoms with Gasteiger partial charge < -0.3 is 10.6 Å². The van der Waals surface area contributed by atoms with Crippen LogP contribution in [0.3, 0.4) is 0 Å². The summed E-state index contributed by atoms with van der Waals surface area (Å²) in [6.07, 6.45) is 0. The van der Waals surface area contributed by atoms with Gasteiger partial charge in [-0.05, 0) is 35.6 Å². The normalized spacial score (nSPS) is 12.0. The minimum atomic E-state index is -0.664. The number of anilines is 1. The molecule has 2 rings (SSSR count). The number of amides is 2. The van der Waals surface area contributed by atoms with Crippen LogP contribution in [-0.2, 0) is 4.79 Å². The van der Waals surface area contributed by atoms with E-state index in [-0.39, 0.29) is 17.7 Å². The van der Waals surface area contributed by atoms with Gasteiger partial charge in [0.05, 0.1) is 4.88 Å². The van der Waals surface area contributed by atoms with Crippen LogP contribution in [0.15, 0.2) is 35.7 Å². The number of hydrogen-bond donors (Lipinski definition) is 2. The Hall–Kier alpha value is -1.56. The Bertz CT molecular complexity index is 682. The van der Waals surface area contributed by atoms with Crippen LogP contribution in [0.5, 0.6) is 0 Å². The molecule has 1 heterocycles. The van der Waals surface area contributed by atoms with Crippen LogP contribution in [0, 0.1) is 5.92 Å². The largest absolute Gasteiger partial charge is 0.339 e. The molecule has 0 aliphatic carbocycles. The molecule has 122 valence electrons. The number of thiophene rings is 1. The Labute approximate surface area is 148 Å². The standard InChI is InChI=1S/C16H16Cl2N2O2S/c1-9(2)14(20-15(21)13-4-3-5-23-13)16(22)19-12-7-10(17)6-11(18)8-12/h3-9,14H,1-2H3,(H,19,22)(H,20,21). The number of rotatable bonds is 5. The molecule has 4 nitrogen and oxygen atoms in total. The molecule has 0 aliphatic heterocycles. The maximum absolute atomic E-state index is 12.5. The highest BCUT2D eigenvalue weighted by Gasteiger charge is 2.25. The third-order valence-electron chi connectivity index (χ3n) is 3.11. The molecule has 0 radical (unpaired) electrons. The zero-order chi connectivity index (χ0) is 17.0. The molecule has 2 amide bonds. The van der Waals surface area contributed by atoms with E-state index in [1.165, 1.54) is 11.3 Å². The van der Waals surface area contributed by atoms with Crippen LogP contribution in [0.1, 0.15) is 23.5 Å². The quantitative estimate of drug-likeness (QED) is 0.816. The van der Waals surface area contributed by atoms with E-state index in [9.17, 15) is 9.59 Å². The number of halogens is 2. The van der Waals surface area contributed by atoms with Gasteiger partial charge in [-0.1, -0.05) is 43.1 Å². The molecule has 0 fully saturated rings. The Morgan fingerprint density at radius 1 is 1.13 bits per heavy atom. The number of carbonyl (C=O) groups excluding carboxylic acids is 2. The molecule has 7 heteroatoms. The van der Waals surface area contributed by atoms with Crippen molar-refractivity contribution in [1.29, 1.82) is 0 Å². The van der Waals surface area contributed by atoms with Crippen molar-refractivity contribution in [2.75, 3.05) is 5.32 Å². The second-order valence-electron chi connectivity index (χ2n) is 5.32. The fourth-order valence-electron chi connectivity index (χ4n) is 2.00. The van der Waals surface area contributed by atoms with Gasteiger partial charge in [0.25, 0.3) is 5.91 Å². The maximum Gasteiger partial charge on any atom is 0.262 e. The van der Waals surface area contributed by atoms with E-state index in [0.29, 0.717) is 20.6 Å². The highest BCUT2D eigenvalue weighted by Crippen LogP contribution is 2.23. The van der Waals surface area contributed by atoms with E-state index in [1.54, 1.807) is 30.3 Å². The Morgan fingerprint density at radius 2 is 1.78 bits per heavy atom. The van der Waals surface area contributed by atoms with Gasteiger partial charge in [0.2, 0.25) is 5.91 Å². The highest BCUT2D eigenvalue weighted by atomic mass is 35.5. The van der Waals surface area contributed by atoms with Gasteiger partial charge >= 0.3 is 0 Å². The Balaban J connectivity index is 2.10. The summed E-state index contributed by atoms with van der Waals surface area (Å²) in [5.74, 6) is -0.658. The summed E-state index contributed by atoms with van der Waals surface area (Å²) >= 11 is 13.2. The minimum absolute atomic E-state index is 0.0754. The predicted octanol–water partition coefficient (Wildman–Crippen LogP) is 4.45. The molecule has 1 unspecified atom stereocenters. The summed E-state index contributed by atoms with van der Waals surface area (Å²) in [4.78, 5) is 25.2. The van der Waals surface area contributed by atoms with Crippen LogP contribution >= 0.6 is 34.5 Å². The molecule has 2 aromatic rings. The molecule has 1 aromatic heterocycles. The van der Waals surface area contributed by atoms with Crippen molar-refractivity contribution in [3.8, 4) is 0 Å². The SMILES string of the molecule is CC(C)C(NC(=O)c1cccs1)C(=O)Nc1cc(Cl)cc(Cl)c1. The van der Waals surface area contributed by atoms with Gasteiger partial charge in [-0.15, -0.1) is 11.3 Å². The van der Waals surface area contributed by atoms with Crippen LogP contribution in [0.2, 0.25) is 10.0 Å². The third-order valence-corrected chi connectivity index (χ3v) is 4.42. The molecular formula is C16H16Cl2N2O2S. The molecule has 1 atom stereocenters. The van der Waals surface area contributed by atoms with Crippen LogP contribution in [-0.4, -0.2) is 17.9 Å². The lowest BCUT2D eigenvalue weighted by molar-refractivity contribution is -0.118. The molecule has 0 saturated carbocycles. The van der Waals surface area contributed by atoms with E-state index in [2.05, 4.69) is 10.6 Å². The lowest BCUT2D eigenvalue weighted by atomic mass is 10.0. The third kappa shape index (κ3) is 4.96. The lowest BCUT2D eigenvalue weighted by Gasteiger charge is -2.21. The van der Waals surface area contributed by atoms with E-state index in [1.807, 2.05) is 19.2 Å². The first-order chi connectivity index (χ1) is 10.9. The van der Waals surface area contributed by atoms with Crippen LogP contribution in [0.4, 0.5) is 5.69 Å². The van der Waals surface area contributed by atoms with Crippen molar-refractivity contribution >= 4 is 52.0 Å². The average Bonchev–Trinajstić information content (AvgIpc) is 2.96. The molecule has 0 saturated heterocycles. The summed E-state index contributed by atoms with van der Waals surface area (Å²) in [5, 5.41) is 8.17. The molecule has 0 bridgehead atoms. The zero-order valence-corrected chi connectivity index (χ0v) is 14.9. The predicted molar refractivity (Wildman–Crippen MR) is 95.5 cm³/mol. The number of benzene rings is 1. The first-order valence-electron chi connectivity index (χ1n) is 6.98. The maximum atomic E-state index is 12.5. The molecule has 23 heavy (non-hydrogen) atoms. The number of hydrogen-bond acceptors (Lipinski definition) is 3. The zero-order valence-electron chi connectivity index (χ0n) is 12.6. The van der Waals surface area contributed by atoms with Crippen molar-refractivity contribution in [2.45, 2.75) is 19.9 Å². The van der Waals surface area contributed by atoms with Crippen LogP contribution < -0.4 is 10.6 Å². The van der Waals surface area contributed by atoms with Crippen molar-refractivity contribution in [3.63, 3.8) is 0 Å². The van der Waals surface area contributed by atoms with Gasteiger partial charge in [0.15, 0.2) is 0 Å². The first kappa shape index (κ1) is 17.8. The smallest absolute Gasteiger partial charge is 0.262 e. The summed E-state index contributed by atoms with van der Waals surface area (Å²) < 4.78 is 0.